The van der Waals surface area contributed by atoms with Gasteiger partial charge in [-0.05, 0) is 118 Å². The smallest absolute Gasteiger partial charge is 0.0596 e. The molecule has 0 aliphatic heterocycles. The summed E-state index contributed by atoms with van der Waals surface area (Å²) in [5.74, 6) is 4.35. The zero-order valence-corrected chi connectivity index (χ0v) is 17.1. The molecule has 8 atom stereocenters. The van der Waals surface area contributed by atoms with Gasteiger partial charge in [0.05, 0.1) is 6.10 Å². The number of fused-ring (bicyclic) bond motifs is 5. The van der Waals surface area contributed by atoms with Crippen molar-refractivity contribution in [3.05, 3.63) is 12.2 Å². The number of unbranched alkanes of at least 4 members (excludes halogenated alkanes) is 1. The fourth-order valence-corrected chi connectivity index (χ4v) is 7.96. The van der Waals surface area contributed by atoms with Gasteiger partial charge in [0.15, 0.2) is 0 Å². The molecule has 8 unspecified atom stereocenters. The maximum atomic E-state index is 10.6. The SMILES string of the molecule is CC12CCC3C(CCC4CC(C=CCCCN)CCC43C)C1CCC2O. The molecule has 4 rings (SSSR count). The highest BCUT2D eigenvalue weighted by atomic mass is 16.3. The van der Waals surface area contributed by atoms with E-state index in [0.717, 1.165) is 55.4 Å². The molecule has 148 valence electrons. The normalized spacial score (nSPS) is 51.1. The van der Waals surface area contributed by atoms with E-state index in [4.69, 9.17) is 5.73 Å². The van der Waals surface area contributed by atoms with Gasteiger partial charge in [-0.15, -0.1) is 0 Å². The summed E-state index contributed by atoms with van der Waals surface area (Å²) in [7, 11) is 0. The fraction of sp³-hybridized carbons (Fsp3) is 0.917. The van der Waals surface area contributed by atoms with Crippen LogP contribution < -0.4 is 5.73 Å². The first-order valence-electron chi connectivity index (χ1n) is 11.5. The number of aliphatic hydroxyl groups is 1. The van der Waals surface area contributed by atoms with Gasteiger partial charge in [-0.25, -0.2) is 0 Å². The third kappa shape index (κ3) is 3.00. The van der Waals surface area contributed by atoms with Crippen LogP contribution in [0.15, 0.2) is 12.2 Å². The van der Waals surface area contributed by atoms with E-state index in [2.05, 4.69) is 26.0 Å². The highest BCUT2D eigenvalue weighted by molar-refractivity contribution is 5.10. The summed E-state index contributed by atoms with van der Waals surface area (Å²) in [5, 5.41) is 10.6. The maximum absolute atomic E-state index is 10.6. The molecular weight excluding hydrogens is 318 g/mol. The molecule has 0 aromatic rings. The molecule has 2 heteroatoms. The molecule has 26 heavy (non-hydrogen) atoms. The van der Waals surface area contributed by atoms with Gasteiger partial charge < -0.3 is 10.8 Å². The largest absolute Gasteiger partial charge is 0.393 e. The lowest BCUT2D eigenvalue weighted by atomic mass is 9.44. The minimum absolute atomic E-state index is 0.0339. The zero-order valence-electron chi connectivity index (χ0n) is 17.1. The van der Waals surface area contributed by atoms with Crippen LogP contribution in [0.4, 0.5) is 0 Å². The van der Waals surface area contributed by atoms with Crippen molar-refractivity contribution in [2.24, 2.45) is 46.2 Å². The van der Waals surface area contributed by atoms with Crippen LogP contribution in [0.5, 0.6) is 0 Å². The summed E-state index contributed by atoms with van der Waals surface area (Å²) in [4.78, 5) is 0. The molecule has 4 saturated carbocycles. The van der Waals surface area contributed by atoms with Crippen molar-refractivity contribution in [1.82, 2.24) is 0 Å². The summed E-state index contributed by atoms with van der Waals surface area (Å²) < 4.78 is 0. The Hall–Kier alpha value is -0.340. The highest BCUT2D eigenvalue weighted by Crippen LogP contribution is 2.66. The Kier molecular flexibility index (Phi) is 5.29. The number of aliphatic hydroxyl groups excluding tert-OH is 1. The first-order chi connectivity index (χ1) is 12.5. The zero-order chi connectivity index (χ0) is 18.4. The van der Waals surface area contributed by atoms with Crippen molar-refractivity contribution in [3.8, 4) is 0 Å². The monoisotopic (exact) mass is 359 g/mol. The first kappa shape index (κ1) is 19.0. The van der Waals surface area contributed by atoms with Crippen LogP contribution in [0.3, 0.4) is 0 Å². The molecule has 0 aromatic carbocycles. The lowest BCUT2D eigenvalue weighted by Crippen LogP contribution is -2.53. The van der Waals surface area contributed by atoms with E-state index in [-0.39, 0.29) is 11.5 Å². The van der Waals surface area contributed by atoms with Crippen molar-refractivity contribution in [2.45, 2.75) is 90.6 Å². The lowest BCUT2D eigenvalue weighted by Gasteiger charge is -2.60. The molecule has 4 aliphatic carbocycles. The van der Waals surface area contributed by atoms with E-state index >= 15 is 0 Å². The summed E-state index contributed by atoms with van der Waals surface area (Å²) in [5.41, 5.74) is 6.42. The molecule has 4 aliphatic rings. The summed E-state index contributed by atoms with van der Waals surface area (Å²) in [6.07, 6.45) is 19.3. The Bertz CT molecular complexity index is 530. The standard InChI is InChI=1S/C24H41NO/c1-23-13-11-17(6-4-3-5-15-25)16-18(23)7-8-19-20-9-10-22(26)24(20,2)14-12-21(19)23/h4,6,17-22,26H,3,5,7-16,25H2,1-2H3. The molecule has 4 fully saturated rings. The average molecular weight is 360 g/mol. The number of allylic oxidation sites excluding steroid dienone is 2. The number of rotatable bonds is 4. The van der Waals surface area contributed by atoms with Gasteiger partial charge in [0, 0.05) is 0 Å². The Balaban J connectivity index is 1.45. The van der Waals surface area contributed by atoms with Crippen LogP contribution in [0.2, 0.25) is 0 Å². The van der Waals surface area contributed by atoms with Gasteiger partial charge in [-0.2, -0.15) is 0 Å². The van der Waals surface area contributed by atoms with Crippen LogP contribution in [0.1, 0.15) is 84.5 Å². The number of hydrogen-bond acceptors (Lipinski definition) is 2. The van der Waals surface area contributed by atoms with Crippen LogP contribution in [-0.2, 0) is 0 Å². The van der Waals surface area contributed by atoms with Gasteiger partial charge in [0.2, 0.25) is 0 Å². The molecule has 0 saturated heterocycles. The van der Waals surface area contributed by atoms with Crippen molar-refractivity contribution in [3.63, 3.8) is 0 Å². The predicted molar refractivity (Wildman–Crippen MR) is 109 cm³/mol. The second-order valence-electron chi connectivity index (χ2n) is 10.7. The Labute approximate surface area is 161 Å². The van der Waals surface area contributed by atoms with E-state index in [9.17, 15) is 5.11 Å². The maximum Gasteiger partial charge on any atom is 0.0596 e. The third-order valence-electron chi connectivity index (χ3n) is 9.64. The molecule has 0 amide bonds. The van der Waals surface area contributed by atoms with E-state index in [1.807, 2.05) is 0 Å². The van der Waals surface area contributed by atoms with Gasteiger partial charge in [0.1, 0.15) is 0 Å². The van der Waals surface area contributed by atoms with Crippen molar-refractivity contribution in [2.75, 3.05) is 6.54 Å². The van der Waals surface area contributed by atoms with Crippen molar-refractivity contribution in [1.29, 1.82) is 0 Å². The Morgan fingerprint density at radius 2 is 1.73 bits per heavy atom. The van der Waals surface area contributed by atoms with Crippen LogP contribution in [0, 0.1) is 40.4 Å². The Morgan fingerprint density at radius 3 is 2.54 bits per heavy atom. The Morgan fingerprint density at radius 1 is 0.962 bits per heavy atom. The first-order valence-corrected chi connectivity index (χ1v) is 11.5. The minimum Gasteiger partial charge on any atom is -0.393 e. The van der Waals surface area contributed by atoms with Crippen molar-refractivity contribution >= 4 is 0 Å². The molecule has 0 aromatic heterocycles. The average Bonchev–Trinajstić information content (AvgIpc) is 2.94. The quantitative estimate of drug-likeness (QED) is 0.528. The van der Waals surface area contributed by atoms with E-state index in [1.54, 1.807) is 0 Å². The molecular formula is C24H41NO. The van der Waals surface area contributed by atoms with Gasteiger partial charge >= 0.3 is 0 Å². The number of hydrogen-bond donors (Lipinski definition) is 2. The number of nitrogens with two attached hydrogens (primary N) is 1. The van der Waals surface area contributed by atoms with Crippen LogP contribution in [0.25, 0.3) is 0 Å². The van der Waals surface area contributed by atoms with E-state index in [1.165, 1.54) is 51.4 Å². The van der Waals surface area contributed by atoms with Gasteiger partial charge in [0.25, 0.3) is 0 Å². The van der Waals surface area contributed by atoms with Gasteiger partial charge in [-0.3, -0.25) is 0 Å². The van der Waals surface area contributed by atoms with Crippen LogP contribution in [-0.4, -0.2) is 17.8 Å². The second kappa shape index (κ2) is 7.24. The minimum atomic E-state index is -0.0339. The highest BCUT2D eigenvalue weighted by Gasteiger charge is 2.59. The molecule has 0 radical (unpaired) electrons. The predicted octanol–water partition coefficient (Wildman–Crippen LogP) is 5.30. The summed E-state index contributed by atoms with van der Waals surface area (Å²) in [6, 6.07) is 0. The molecule has 0 bridgehead atoms. The van der Waals surface area contributed by atoms with E-state index in [0.29, 0.717) is 5.41 Å². The second-order valence-corrected chi connectivity index (χ2v) is 10.7. The summed E-state index contributed by atoms with van der Waals surface area (Å²) >= 11 is 0. The van der Waals surface area contributed by atoms with E-state index < -0.39 is 0 Å². The molecule has 3 N–H and O–H groups in total. The van der Waals surface area contributed by atoms with Crippen molar-refractivity contribution < 1.29 is 5.11 Å². The fourth-order valence-electron chi connectivity index (χ4n) is 7.96. The topological polar surface area (TPSA) is 46.2 Å². The lowest BCUT2D eigenvalue weighted by molar-refractivity contribution is -0.124. The van der Waals surface area contributed by atoms with Crippen LogP contribution >= 0.6 is 0 Å². The summed E-state index contributed by atoms with van der Waals surface area (Å²) in [6.45, 7) is 5.87. The van der Waals surface area contributed by atoms with Gasteiger partial charge in [-0.1, -0.05) is 26.0 Å². The molecule has 2 nitrogen and oxygen atoms in total. The molecule has 0 spiro atoms. The third-order valence-corrected chi connectivity index (χ3v) is 9.64. The molecule has 0 heterocycles.